The first-order valence-corrected chi connectivity index (χ1v) is 5.50. The second-order valence-corrected chi connectivity index (χ2v) is 4.46. The Kier molecular flexibility index (Phi) is 2.62. The van der Waals surface area contributed by atoms with Gasteiger partial charge < -0.3 is 0 Å². The summed E-state index contributed by atoms with van der Waals surface area (Å²) < 4.78 is 0. The van der Waals surface area contributed by atoms with Gasteiger partial charge in [-0.2, -0.15) is 0 Å². The smallest absolute Gasteiger partial charge is 0.00453 e. The number of allylic oxidation sites excluding steroid dienone is 2. The van der Waals surface area contributed by atoms with Crippen molar-refractivity contribution in [1.82, 2.24) is 0 Å². The number of thiophene rings is 1. The first kappa shape index (κ1) is 8.06. The Morgan fingerprint density at radius 2 is 2.17 bits per heavy atom. The molecule has 0 aromatic carbocycles. The van der Waals surface area contributed by atoms with Crippen molar-refractivity contribution in [3.63, 3.8) is 0 Å². The van der Waals surface area contributed by atoms with Gasteiger partial charge in [0.25, 0.3) is 0 Å². The molecule has 0 fully saturated rings. The summed E-state index contributed by atoms with van der Waals surface area (Å²) in [6, 6.07) is 4.39. The van der Waals surface area contributed by atoms with Crippen molar-refractivity contribution in [2.75, 3.05) is 0 Å². The molecule has 0 bridgehead atoms. The monoisotopic (exact) mass is 178 g/mol. The Morgan fingerprint density at radius 3 is 2.83 bits per heavy atom. The van der Waals surface area contributed by atoms with E-state index in [2.05, 4.69) is 29.7 Å². The maximum Gasteiger partial charge on any atom is 0.00453 e. The molecule has 1 aromatic heterocycles. The Labute approximate surface area is 77.9 Å². The molecule has 64 valence electrons. The summed E-state index contributed by atoms with van der Waals surface area (Å²) in [6.45, 7) is 0. The largest absolute Gasteiger partial charge is 0.149 e. The lowest BCUT2D eigenvalue weighted by Crippen LogP contribution is -1.95. The molecule has 0 saturated heterocycles. The molecule has 0 aliphatic heterocycles. The van der Waals surface area contributed by atoms with Crippen LogP contribution in [-0.4, -0.2) is 0 Å². The average molecular weight is 178 g/mol. The van der Waals surface area contributed by atoms with E-state index in [0.29, 0.717) is 0 Å². The number of rotatable bonds is 3. The molecule has 0 unspecified atom stereocenters. The fraction of sp³-hybridized carbons (Fsp3) is 0.455. The van der Waals surface area contributed by atoms with E-state index in [1.807, 2.05) is 11.3 Å². The van der Waals surface area contributed by atoms with E-state index in [1.165, 1.54) is 25.7 Å². The van der Waals surface area contributed by atoms with Gasteiger partial charge in [0.1, 0.15) is 0 Å². The second kappa shape index (κ2) is 3.90. The van der Waals surface area contributed by atoms with Crippen LogP contribution in [0.3, 0.4) is 0 Å². The first-order chi connectivity index (χ1) is 5.95. The van der Waals surface area contributed by atoms with Gasteiger partial charge in [0.15, 0.2) is 0 Å². The van der Waals surface area contributed by atoms with Crippen LogP contribution in [0.25, 0.3) is 0 Å². The molecule has 1 heteroatoms. The van der Waals surface area contributed by atoms with Gasteiger partial charge >= 0.3 is 0 Å². The molecular weight excluding hydrogens is 164 g/mol. The van der Waals surface area contributed by atoms with E-state index in [4.69, 9.17) is 0 Å². The molecule has 0 atom stereocenters. The van der Waals surface area contributed by atoms with E-state index < -0.39 is 0 Å². The SMILES string of the molecule is C1=CCC(CCc2cccs2)C1. The second-order valence-electron chi connectivity index (χ2n) is 3.43. The molecule has 1 aliphatic carbocycles. The minimum Gasteiger partial charge on any atom is -0.149 e. The molecule has 1 aliphatic rings. The molecule has 0 saturated carbocycles. The normalized spacial score (nSPS) is 17.3. The summed E-state index contributed by atoms with van der Waals surface area (Å²) in [5.41, 5.74) is 0. The highest BCUT2D eigenvalue weighted by molar-refractivity contribution is 7.09. The number of aryl methyl sites for hydroxylation is 1. The molecule has 1 heterocycles. The lowest BCUT2D eigenvalue weighted by molar-refractivity contribution is 0.523. The molecule has 0 N–H and O–H groups in total. The highest BCUT2D eigenvalue weighted by Gasteiger charge is 2.09. The maximum atomic E-state index is 2.32. The van der Waals surface area contributed by atoms with Crippen LogP contribution in [0.4, 0.5) is 0 Å². The van der Waals surface area contributed by atoms with Crippen molar-refractivity contribution < 1.29 is 0 Å². The van der Waals surface area contributed by atoms with E-state index >= 15 is 0 Å². The van der Waals surface area contributed by atoms with Crippen molar-refractivity contribution in [2.45, 2.75) is 25.7 Å². The van der Waals surface area contributed by atoms with Crippen LogP contribution >= 0.6 is 11.3 Å². The van der Waals surface area contributed by atoms with Crippen molar-refractivity contribution >= 4 is 11.3 Å². The highest BCUT2D eigenvalue weighted by Crippen LogP contribution is 2.24. The van der Waals surface area contributed by atoms with E-state index in [9.17, 15) is 0 Å². The van der Waals surface area contributed by atoms with E-state index in [1.54, 1.807) is 4.88 Å². The van der Waals surface area contributed by atoms with Crippen molar-refractivity contribution in [3.8, 4) is 0 Å². The van der Waals surface area contributed by atoms with Crippen molar-refractivity contribution in [3.05, 3.63) is 34.5 Å². The van der Waals surface area contributed by atoms with Gasteiger partial charge in [0.05, 0.1) is 0 Å². The molecule has 2 rings (SSSR count). The zero-order valence-corrected chi connectivity index (χ0v) is 8.02. The number of hydrogen-bond donors (Lipinski definition) is 0. The van der Waals surface area contributed by atoms with Crippen LogP contribution in [0.2, 0.25) is 0 Å². The zero-order chi connectivity index (χ0) is 8.23. The summed E-state index contributed by atoms with van der Waals surface area (Å²) in [4.78, 5) is 1.54. The van der Waals surface area contributed by atoms with Gasteiger partial charge in [-0.15, -0.1) is 11.3 Å². The molecule has 12 heavy (non-hydrogen) atoms. The molecule has 0 radical (unpaired) electrons. The van der Waals surface area contributed by atoms with Crippen LogP contribution in [0, 0.1) is 5.92 Å². The fourth-order valence-electron chi connectivity index (χ4n) is 1.71. The molecule has 0 amide bonds. The van der Waals surface area contributed by atoms with Crippen LogP contribution < -0.4 is 0 Å². The lowest BCUT2D eigenvalue weighted by Gasteiger charge is -2.06. The standard InChI is InChI=1S/C11H14S/c1-2-5-10(4-1)7-8-11-6-3-9-12-11/h1-3,6,9-10H,4-5,7-8H2. The third-order valence-corrected chi connectivity index (χ3v) is 3.42. The lowest BCUT2D eigenvalue weighted by atomic mass is 10.0. The van der Waals surface area contributed by atoms with Gasteiger partial charge in [-0.05, 0) is 43.0 Å². The Morgan fingerprint density at radius 1 is 1.33 bits per heavy atom. The van der Waals surface area contributed by atoms with Gasteiger partial charge in [-0.3, -0.25) is 0 Å². The molecular formula is C11H14S. The molecule has 0 spiro atoms. The Hall–Kier alpha value is -0.560. The summed E-state index contributed by atoms with van der Waals surface area (Å²) in [5, 5.41) is 2.17. The Balaban J connectivity index is 1.75. The molecule has 1 aromatic rings. The summed E-state index contributed by atoms with van der Waals surface area (Å²) in [7, 11) is 0. The third kappa shape index (κ3) is 1.98. The fourth-order valence-corrected chi connectivity index (χ4v) is 2.44. The van der Waals surface area contributed by atoms with Gasteiger partial charge in [-0.25, -0.2) is 0 Å². The van der Waals surface area contributed by atoms with Gasteiger partial charge in [0, 0.05) is 4.88 Å². The quantitative estimate of drug-likeness (QED) is 0.620. The van der Waals surface area contributed by atoms with Crippen LogP contribution in [0.1, 0.15) is 24.1 Å². The maximum absolute atomic E-state index is 2.32. The summed E-state index contributed by atoms with van der Waals surface area (Å²) in [6.07, 6.45) is 9.91. The summed E-state index contributed by atoms with van der Waals surface area (Å²) in [5.74, 6) is 0.937. The summed E-state index contributed by atoms with van der Waals surface area (Å²) >= 11 is 1.89. The number of hydrogen-bond acceptors (Lipinski definition) is 1. The average Bonchev–Trinajstić information content (AvgIpc) is 2.74. The minimum absolute atomic E-state index is 0.937. The molecule has 0 nitrogen and oxygen atoms in total. The highest BCUT2D eigenvalue weighted by atomic mass is 32.1. The van der Waals surface area contributed by atoms with Crippen LogP contribution in [0.15, 0.2) is 29.7 Å². The van der Waals surface area contributed by atoms with Crippen LogP contribution in [0.5, 0.6) is 0 Å². The first-order valence-electron chi connectivity index (χ1n) is 4.62. The van der Waals surface area contributed by atoms with Gasteiger partial charge in [0.2, 0.25) is 0 Å². The predicted molar refractivity (Wildman–Crippen MR) is 54.5 cm³/mol. The van der Waals surface area contributed by atoms with E-state index in [0.717, 1.165) is 5.92 Å². The zero-order valence-electron chi connectivity index (χ0n) is 7.20. The van der Waals surface area contributed by atoms with Crippen molar-refractivity contribution in [1.29, 1.82) is 0 Å². The van der Waals surface area contributed by atoms with Crippen LogP contribution in [-0.2, 0) is 6.42 Å². The van der Waals surface area contributed by atoms with E-state index in [-0.39, 0.29) is 0 Å². The van der Waals surface area contributed by atoms with Crippen molar-refractivity contribution in [2.24, 2.45) is 5.92 Å². The Bertz CT molecular complexity index is 238. The topological polar surface area (TPSA) is 0 Å². The minimum atomic E-state index is 0.937. The predicted octanol–water partition coefficient (Wildman–Crippen LogP) is 3.65. The third-order valence-electron chi connectivity index (χ3n) is 2.48. The van der Waals surface area contributed by atoms with Gasteiger partial charge in [-0.1, -0.05) is 18.2 Å².